The summed E-state index contributed by atoms with van der Waals surface area (Å²) in [4.78, 5) is 38.2. The molecule has 0 rings (SSSR count). The summed E-state index contributed by atoms with van der Waals surface area (Å²) in [5.74, 6) is -0.879. The quantitative estimate of drug-likeness (QED) is 0.0262. The SMILES string of the molecule is CCCCCCCC/C=C\CCCCCCCCCCCC(=O)OC(COC(=O)CCCCCCC/C=C\CCCCCCCC)COC(=O)CCCCCCC/C=C\CCCCCCCC. The third kappa shape index (κ3) is 54.4. The second kappa shape index (κ2) is 56.2. The maximum Gasteiger partial charge on any atom is 0.306 e. The van der Waals surface area contributed by atoms with Crippen molar-refractivity contribution in [1.82, 2.24) is 0 Å². The molecule has 0 aromatic carbocycles. The van der Waals surface area contributed by atoms with E-state index >= 15 is 0 Å². The first-order chi connectivity index (χ1) is 33.0. The number of hydrogen-bond acceptors (Lipinski definition) is 6. The van der Waals surface area contributed by atoms with Crippen LogP contribution in [0.2, 0.25) is 0 Å². The fraction of sp³-hybridized carbons (Fsp3) is 0.852. The molecule has 0 amide bonds. The van der Waals surface area contributed by atoms with Crippen molar-refractivity contribution in [2.45, 2.75) is 322 Å². The van der Waals surface area contributed by atoms with Crippen molar-refractivity contribution in [3.05, 3.63) is 36.5 Å². The molecule has 0 aromatic heterocycles. The van der Waals surface area contributed by atoms with Crippen LogP contribution in [0.5, 0.6) is 0 Å². The normalized spacial score (nSPS) is 11.8. The van der Waals surface area contributed by atoms with Gasteiger partial charge < -0.3 is 14.2 Å². The van der Waals surface area contributed by atoms with Crippen molar-refractivity contribution in [1.29, 1.82) is 0 Å². The average Bonchev–Trinajstić information content (AvgIpc) is 3.33. The van der Waals surface area contributed by atoms with Gasteiger partial charge in [-0.25, -0.2) is 0 Å². The Morgan fingerprint density at radius 3 is 0.746 bits per heavy atom. The number of carbonyl (C=O) groups is 3. The lowest BCUT2D eigenvalue weighted by atomic mass is 10.1. The van der Waals surface area contributed by atoms with Gasteiger partial charge in [0, 0.05) is 19.3 Å². The highest BCUT2D eigenvalue weighted by atomic mass is 16.6. The van der Waals surface area contributed by atoms with Crippen LogP contribution >= 0.6 is 0 Å². The largest absolute Gasteiger partial charge is 0.462 e. The molecule has 0 saturated carbocycles. The van der Waals surface area contributed by atoms with Crippen LogP contribution < -0.4 is 0 Å². The fourth-order valence-electron chi connectivity index (χ4n) is 8.60. The number of carbonyl (C=O) groups excluding carboxylic acids is 3. The molecule has 0 aliphatic rings. The van der Waals surface area contributed by atoms with Gasteiger partial charge in [-0.3, -0.25) is 14.4 Å². The molecular weight excluding hydrogens is 829 g/mol. The number of hydrogen-bond donors (Lipinski definition) is 0. The van der Waals surface area contributed by atoms with E-state index in [2.05, 4.69) is 57.2 Å². The lowest BCUT2D eigenvalue weighted by Gasteiger charge is -2.18. The third-order valence-corrected chi connectivity index (χ3v) is 13.1. The second-order valence-corrected chi connectivity index (χ2v) is 19.9. The summed E-state index contributed by atoms with van der Waals surface area (Å²) in [6.45, 7) is 6.65. The molecule has 0 heterocycles. The molecule has 0 unspecified atom stereocenters. The van der Waals surface area contributed by atoms with E-state index in [9.17, 15) is 14.4 Å². The summed E-state index contributed by atoms with van der Waals surface area (Å²) in [5, 5.41) is 0. The summed E-state index contributed by atoms with van der Waals surface area (Å²) in [6, 6.07) is 0. The van der Waals surface area contributed by atoms with Gasteiger partial charge in [-0.1, -0.05) is 237 Å². The second-order valence-electron chi connectivity index (χ2n) is 19.9. The monoisotopic (exact) mass is 941 g/mol. The number of allylic oxidation sites excluding steroid dienone is 6. The molecule has 0 spiro atoms. The summed E-state index contributed by atoms with van der Waals surface area (Å²) in [5.41, 5.74) is 0. The molecule has 6 nitrogen and oxygen atoms in total. The average molecular weight is 942 g/mol. The number of esters is 3. The van der Waals surface area contributed by atoms with Gasteiger partial charge in [0.15, 0.2) is 6.10 Å². The molecule has 6 heteroatoms. The Morgan fingerprint density at radius 2 is 0.493 bits per heavy atom. The van der Waals surface area contributed by atoms with Crippen LogP contribution in [-0.4, -0.2) is 37.2 Å². The Balaban J connectivity index is 4.36. The topological polar surface area (TPSA) is 78.9 Å². The van der Waals surface area contributed by atoms with E-state index in [1.807, 2.05) is 0 Å². The Bertz CT molecular complexity index is 1070. The Kier molecular flexibility index (Phi) is 54.2. The molecule has 0 N–H and O–H groups in total. The van der Waals surface area contributed by atoms with E-state index in [0.717, 1.165) is 70.6 Å². The Hall–Kier alpha value is -2.37. The van der Waals surface area contributed by atoms with Gasteiger partial charge in [-0.15, -0.1) is 0 Å². The molecule has 0 saturated heterocycles. The highest BCUT2D eigenvalue weighted by Gasteiger charge is 2.19. The first kappa shape index (κ1) is 64.6. The number of rotatable bonds is 54. The van der Waals surface area contributed by atoms with E-state index in [0.29, 0.717) is 19.3 Å². The maximum absolute atomic E-state index is 12.9. The molecule has 0 aliphatic carbocycles. The lowest BCUT2D eigenvalue weighted by Crippen LogP contribution is -2.30. The van der Waals surface area contributed by atoms with E-state index in [1.165, 1.54) is 205 Å². The zero-order valence-corrected chi connectivity index (χ0v) is 44.9. The zero-order chi connectivity index (χ0) is 48.6. The van der Waals surface area contributed by atoms with Crippen molar-refractivity contribution < 1.29 is 28.6 Å². The van der Waals surface area contributed by atoms with Gasteiger partial charge in [0.25, 0.3) is 0 Å². The van der Waals surface area contributed by atoms with Crippen LogP contribution in [0.4, 0.5) is 0 Å². The van der Waals surface area contributed by atoms with E-state index in [4.69, 9.17) is 14.2 Å². The lowest BCUT2D eigenvalue weighted by molar-refractivity contribution is -0.167. The van der Waals surface area contributed by atoms with Crippen LogP contribution in [0.25, 0.3) is 0 Å². The van der Waals surface area contributed by atoms with Crippen molar-refractivity contribution in [3.63, 3.8) is 0 Å². The first-order valence-electron chi connectivity index (χ1n) is 29.5. The van der Waals surface area contributed by atoms with Gasteiger partial charge in [0.1, 0.15) is 13.2 Å². The molecule has 0 fully saturated rings. The smallest absolute Gasteiger partial charge is 0.306 e. The van der Waals surface area contributed by atoms with Gasteiger partial charge >= 0.3 is 17.9 Å². The standard InChI is InChI=1S/C61H112O6/c1-4-7-10-13-16-19-22-25-28-29-30-31-34-37-40-43-46-49-52-55-61(64)67-58(56-65-59(62)53-50-47-44-41-38-35-32-26-23-20-17-14-11-8-5-2)57-66-60(63)54-51-48-45-42-39-36-33-27-24-21-18-15-12-9-6-3/h25-28,32-33,58H,4-24,29-31,34-57H2,1-3H3/b28-25-,32-26-,33-27-. The molecule has 0 radical (unpaired) electrons. The molecule has 0 aliphatic heterocycles. The van der Waals surface area contributed by atoms with Crippen LogP contribution in [-0.2, 0) is 28.6 Å². The van der Waals surface area contributed by atoms with E-state index in [-0.39, 0.29) is 31.1 Å². The fourth-order valence-corrected chi connectivity index (χ4v) is 8.60. The highest BCUT2D eigenvalue weighted by molar-refractivity contribution is 5.71. The zero-order valence-electron chi connectivity index (χ0n) is 44.9. The molecular formula is C61H112O6. The molecule has 392 valence electrons. The van der Waals surface area contributed by atoms with Crippen LogP contribution in [0.15, 0.2) is 36.5 Å². The van der Waals surface area contributed by atoms with Gasteiger partial charge in [0.05, 0.1) is 0 Å². The van der Waals surface area contributed by atoms with Crippen LogP contribution in [0.3, 0.4) is 0 Å². The van der Waals surface area contributed by atoms with Gasteiger partial charge in [0.2, 0.25) is 0 Å². The predicted molar refractivity (Wildman–Crippen MR) is 289 cm³/mol. The molecule has 0 bridgehead atoms. The highest BCUT2D eigenvalue weighted by Crippen LogP contribution is 2.16. The first-order valence-corrected chi connectivity index (χ1v) is 29.5. The van der Waals surface area contributed by atoms with Crippen molar-refractivity contribution in [2.24, 2.45) is 0 Å². The van der Waals surface area contributed by atoms with Gasteiger partial charge in [-0.2, -0.15) is 0 Å². The Labute approximate surface area is 416 Å². The minimum Gasteiger partial charge on any atom is -0.462 e. The molecule has 0 aromatic rings. The van der Waals surface area contributed by atoms with Gasteiger partial charge in [-0.05, 0) is 96.3 Å². The van der Waals surface area contributed by atoms with Crippen molar-refractivity contribution in [3.8, 4) is 0 Å². The predicted octanol–water partition coefficient (Wildman–Crippen LogP) is 19.7. The van der Waals surface area contributed by atoms with Crippen molar-refractivity contribution >= 4 is 17.9 Å². The summed E-state index contributed by atoms with van der Waals surface area (Å²) < 4.78 is 16.9. The van der Waals surface area contributed by atoms with E-state index in [1.54, 1.807) is 0 Å². The minimum absolute atomic E-state index is 0.0776. The Morgan fingerprint density at radius 1 is 0.284 bits per heavy atom. The maximum atomic E-state index is 12.9. The van der Waals surface area contributed by atoms with Crippen LogP contribution in [0.1, 0.15) is 316 Å². The minimum atomic E-state index is -0.778. The summed E-state index contributed by atoms with van der Waals surface area (Å²) in [6.07, 6.45) is 67.0. The van der Waals surface area contributed by atoms with E-state index < -0.39 is 6.10 Å². The number of ether oxygens (including phenoxy) is 3. The van der Waals surface area contributed by atoms with Crippen LogP contribution in [0, 0.1) is 0 Å². The summed E-state index contributed by atoms with van der Waals surface area (Å²) >= 11 is 0. The third-order valence-electron chi connectivity index (χ3n) is 13.1. The molecule has 67 heavy (non-hydrogen) atoms. The summed E-state index contributed by atoms with van der Waals surface area (Å²) in [7, 11) is 0. The van der Waals surface area contributed by atoms with Crippen molar-refractivity contribution in [2.75, 3.05) is 13.2 Å². The number of unbranched alkanes of at least 4 members (excludes halogenated alkanes) is 37. The molecule has 0 atom stereocenters.